The Balaban J connectivity index is 2.55. The number of aliphatic hydroxyl groups is 1. The maximum absolute atomic E-state index is 9.38. The summed E-state index contributed by atoms with van der Waals surface area (Å²) in [7, 11) is 0. The van der Waals surface area contributed by atoms with E-state index < -0.39 is 0 Å². The predicted octanol–water partition coefficient (Wildman–Crippen LogP) is 0.772. The van der Waals surface area contributed by atoms with Crippen LogP contribution in [0.1, 0.15) is 27.2 Å². The lowest BCUT2D eigenvalue weighted by molar-refractivity contribution is 0.0938. The first-order chi connectivity index (χ1) is 6.08. The topological polar surface area (TPSA) is 41.5 Å². The molecule has 1 heterocycles. The molecule has 0 aromatic rings. The third kappa shape index (κ3) is 2.66. The third-order valence-corrected chi connectivity index (χ3v) is 2.78. The van der Waals surface area contributed by atoms with Crippen molar-refractivity contribution in [3.05, 3.63) is 0 Å². The first-order valence-electron chi connectivity index (χ1n) is 5.05. The Hall–Kier alpha value is -0.120. The van der Waals surface area contributed by atoms with Crippen LogP contribution in [-0.2, 0) is 4.74 Å². The first-order valence-corrected chi connectivity index (χ1v) is 5.05. The molecule has 0 saturated carbocycles. The highest BCUT2D eigenvalue weighted by Crippen LogP contribution is 2.25. The Bertz CT molecular complexity index is 155. The first kappa shape index (κ1) is 11.0. The van der Waals surface area contributed by atoms with Gasteiger partial charge in [0.2, 0.25) is 0 Å². The lowest BCUT2D eigenvalue weighted by Crippen LogP contribution is -2.54. The molecule has 2 unspecified atom stereocenters. The minimum atomic E-state index is -0.176. The van der Waals surface area contributed by atoms with Crippen LogP contribution in [0.3, 0.4) is 0 Å². The average molecular weight is 187 g/mol. The average Bonchev–Trinajstić information content (AvgIpc) is 2.55. The molecule has 0 aromatic carbocycles. The van der Waals surface area contributed by atoms with E-state index in [9.17, 15) is 5.11 Å². The second-order valence-electron chi connectivity index (χ2n) is 4.44. The van der Waals surface area contributed by atoms with E-state index in [1.165, 1.54) is 0 Å². The fraction of sp³-hybridized carbons (Fsp3) is 1.00. The zero-order valence-corrected chi connectivity index (χ0v) is 8.84. The standard InChI is InChI=1S/C10H21NO2/c1-8(2)11-10(3,7-12)9-4-5-13-6-9/h8-9,11-12H,4-7H2,1-3H3. The molecule has 0 amide bonds. The normalized spacial score (nSPS) is 27.9. The quantitative estimate of drug-likeness (QED) is 0.683. The van der Waals surface area contributed by atoms with Crippen LogP contribution in [0.4, 0.5) is 0 Å². The highest BCUT2D eigenvalue weighted by atomic mass is 16.5. The van der Waals surface area contributed by atoms with E-state index >= 15 is 0 Å². The van der Waals surface area contributed by atoms with Gasteiger partial charge in [0, 0.05) is 24.1 Å². The van der Waals surface area contributed by atoms with Crippen LogP contribution in [0.2, 0.25) is 0 Å². The molecule has 1 saturated heterocycles. The summed E-state index contributed by atoms with van der Waals surface area (Å²) in [6.45, 7) is 8.07. The van der Waals surface area contributed by atoms with Gasteiger partial charge in [0.05, 0.1) is 13.2 Å². The number of hydrogen-bond acceptors (Lipinski definition) is 3. The van der Waals surface area contributed by atoms with Crippen molar-refractivity contribution in [1.29, 1.82) is 0 Å². The molecule has 3 heteroatoms. The van der Waals surface area contributed by atoms with Gasteiger partial charge in [-0.1, -0.05) is 13.8 Å². The van der Waals surface area contributed by atoms with Crippen LogP contribution in [0.15, 0.2) is 0 Å². The summed E-state index contributed by atoms with van der Waals surface area (Å²) < 4.78 is 5.34. The Morgan fingerprint density at radius 3 is 2.69 bits per heavy atom. The molecule has 0 aromatic heterocycles. The van der Waals surface area contributed by atoms with Crippen molar-refractivity contribution < 1.29 is 9.84 Å². The van der Waals surface area contributed by atoms with Crippen molar-refractivity contribution in [2.45, 2.75) is 38.8 Å². The van der Waals surface area contributed by atoms with E-state index in [-0.39, 0.29) is 12.1 Å². The molecule has 1 aliphatic rings. The number of aliphatic hydroxyl groups excluding tert-OH is 1. The molecular formula is C10H21NO2. The van der Waals surface area contributed by atoms with E-state index in [2.05, 4.69) is 26.1 Å². The van der Waals surface area contributed by atoms with Gasteiger partial charge < -0.3 is 15.2 Å². The molecular weight excluding hydrogens is 166 g/mol. The second-order valence-corrected chi connectivity index (χ2v) is 4.44. The number of nitrogens with one attached hydrogen (secondary N) is 1. The number of ether oxygens (including phenoxy) is 1. The largest absolute Gasteiger partial charge is 0.394 e. The summed E-state index contributed by atoms with van der Waals surface area (Å²) >= 11 is 0. The Labute approximate surface area is 80.5 Å². The van der Waals surface area contributed by atoms with Gasteiger partial charge in [-0.3, -0.25) is 0 Å². The van der Waals surface area contributed by atoms with Crippen LogP contribution in [0.25, 0.3) is 0 Å². The van der Waals surface area contributed by atoms with Gasteiger partial charge in [-0.05, 0) is 13.3 Å². The van der Waals surface area contributed by atoms with Crippen LogP contribution < -0.4 is 5.32 Å². The van der Waals surface area contributed by atoms with E-state index in [4.69, 9.17) is 4.74 Å². The van der Waals surface area contributed by atoms with E-state index in [1.54, 1.807) is 0 Å². The van der Waals surface area contributed by atoms with Crippen molar-refractivity contribution in [3.63, 3.8) is 0 Å². The minimum Gasteiger partial charge on any atom is -0.394 e. The summed E-state index contributed by atoms with van der Waals surface area (Å²) in [4.78, 5) is 0. The van der Waals surface area contributed by atoms with Crippen LogP contribution in [-0.4, -0.2) is 36.5 Å². The highest BCUT2D eigenvalue weighted by Gasteiger charge is 2.36. The molecule has 0 spiro atoms. The summed E-state index contributed by atoms with van der Waals surface area (Å²) in [5.41, 5.74) is -0.176. The zero-order chi connectivity index (χ0) is 9.90. The molecule has 2 N–H and O–H groups in total. The highest BCUT2D eigenvalue weighted by molar-refractivity contribution is 4.92. The van der Waals surface area contributed by atoms with E-state index in [1.807, 2.05) is 0 Å². The Morgan fingerprint density at radius 2 is 2.31 bits per heavy atom. The molecule has 78 valence electrons. The second kappa shape index (κ2) is 4.40. The van der Waals surface area contributed by atoms with Gasteiger partial charge in [0.15, 0.2) is 0 Å². The van der Waals surface area contributed by atoms with E-state index in [0.29, 0.717) is 12.0 Å². The molecule has 0 bridgehead atoms. The number of hydrogen-bond donors (Lipinski definition) is 2. The Morgan fingerprint density at radius 1 is 1.62 bits per heavy atom. The van der Waals surface area contributed by atoms with Gasteiger partial charge in [0.1, 0.15) is 0 Å². The fourth-order valence-electron chi connectivity index (χ4n) is 1.99. The molecule has 0 radical (unpaired) electrons. The number of rotatable bonds is 4. The van der Waals surface area contributed by atoms with Crippen LogP contribution in [0, 0.1) is 5.92 Å². The van der Waals surface area contributed by atoms with Gasteiger partial charge in [-0.2, -0.15) is 0 Å². The van der Waals surface area contributed by atoms with Crippen molar-refractivity contribution in [3.8, 4) is 0 Å². The van der Waals surface area contributed by atoms with Crippen molar-refractivity contribution in [2.75, 3.05) is 19.8 Å². The summed E-state index contributed by atoms with van der Waals surface area (Å²) in [6.07, 6.45) is 1.05. The monoisotopic (exact) mass is 187 g/mol. The van der Waals surface area contributed by atoms with Gasteiger partial charge in [-0.15, -0.1) is 0 Å². The van der Waals surface area contributed by atoms with Crippen LogP contribution in [0.5, 0.6) is 0 Å². The molecule has 13 heavy (non-hydrogen) atoms. The molecule has 3 nitrogen and oxygen atoms in total. The lowest BCUT2D eigenvalue weighted by Gasteiger charge is -2.36. The smallest absolute Gasteiger partial charge is 0.0614 e. The van der Waals surface area contributed by atoms with Crippen molar-refractivity contribution in [1.82, 2.24) is 5.32 Å². The fourth-order valence-corrected chi connectivity index (χ4v) is 1.99. The maximum atomic E-state index is 9.38. The zero-order valence-electron chi connectivity index (χ0n) is 8.84. The Kier molecular flexibility index (Phi) is 3.71. The molecule has 1 fully saturated rings. The van der Waals surface area contributed by atoms with Gasteiger partial charge in [0.25, 0.3) is 0 Å². The molecule has 1 rings (SSSR count). The van der Waals surface area contributed by atoms with Gasteiger partial charge >= 0.3 is 0 Å². The summed E-state index contributed by atoms with van der Waals surface area (Å²) in [5.74, 6) is 0.444. The molecule has 1 aliphatic heterocycles. The minimum absolute atomic E-state index is 0.176. The maximum Gasteiger partial charge on any atom is 0.0614 e. The van der Waals surface area contributed by atoms with Crippen molar-refractivity contribution >= 4 is 0 Å². The summed E-state index contributed by atoms with van der Waals surface area (Å²) in [6, 6.07) is 0.401. The lowest BCUT2D eigenvalue weighted by atomic mass is 9.85. The SMILES string of the molecule is CC(C)NC(C)(CO)C1CCOC1. The summed E-state index contributed by atoms with van der Waals surface area (Å²) in [5, 5.41) is 12.8. The molecule has 2 atom stereocenters. The molecule has 0 aliphatic carbocycles. The van der Waals surface area contributed by atoms with Crippen molar-refractivity contribution in [2.24, 2.45) is 5.92 Å². The van der Waals surface area contributed by atoms with Gasteiger partial charge in [-0.25, -0.2) is 0 Å². The third-order valence-electron chi connectivity index (χ3n) is 2.78. The van der Waals surface area contributed by atoms with E-state index in [0.717, 1.165) is 19.6 Å². The predicted molar refractivity (Wildman–Crippen MR) is 52.7 cm³/mol. The van der Waals surface area contributed by atoms with Crippen LogP contribution >= 0.6 is 0 Å².